The van der Waals surface area contributed by atoms with Crippen molar-refractivity contribution in [1.82, 2.24) is 9.97 Å². The maximum Gasteiger partial charge on any atom is 0.328 e. The molecule has 0 aliphatic heterocycles. The van der Waals surface area contributed by atoms with E-state index in [4.69, 9.17) is 14.6 Å². The van der Waals surface area contributed by atoms with Gasteiger partial charge in [0.05, 0.1) is 19.1 Å². The number of rotatable bonds is 8. The van der Waals surface area contributed by atoms with Crippen molar-refractivity contribution in [2.75, 3.05) is 24.3 Å². The number of anilines is 2. The molecule has 2 rings (SSSR count). The Morgan fingerprint density at radius 3 is 2.28 bits per heavy atom. The summed E-state index contributed by atoms with van der Waals surface area (Å²) in [5.74, 6) is -1.88. The van der Waals surface area contributed by atoms with Crippen molar-refractivity contribution in [2.24, 2.45) is 0 Å². The number of hydrogen-bond donors (Lipinski definition) is 3. The summed E-state index contributed by atoms with van der Waals surface area (Å²) in [6.45, 7) is 0. The average molecular weight is 431 g/mol. The van der Waals surface area contributed by atoms with E-state index in [0.29, 0.717) is 6.08 Å². The summed E-state index contributed by atoms with van der Waals surface area (Å²) >= 11 is 0. The number of carboxylic acid groups (broad SMARTS) is 1. The van der Waals surface area contributed by atoms with Crippen molar-refractivity contribution in [2.45, 2.75) is 4.90 Å². The molecule has 0 saturated carbocycles. The van der Waals surface area contributed by atoms with Gasteiger partial charge in [-0.1, -0.05) is 0 Å². The van der Waals surface area contributed by atoms with Crippen LogP contribution in [0.25, 0.3) is 0 Å². The molecule has 0 unspecified atom stereocenters. The van der Waals surface area contributed by atoms with Gasteiger partial charge in [-0.3, -0.25) is 9.52 Å². The number of amides is 1. The fourth-order valence-electron chi connectivity index (χ4n) is 1.90. The molecule has 1 aromatic heterocycles. The molecule has 13 heteroatoms. The number of carboxylic acids is 1. The Labute approximate surface area is 188 Å². The second kappa shape index (κ2) is 10.8. The molecule has 0 fully saturated rings. The smallest absolute Gasteiger partial charge is 0.328 e. The minimum Gasteiger partial charge on any atom is -0.481 e. The Balaban J connectivity index is 0.00000420. The molecule has 3 N–H and O–H groups in total. The zero-order valence-corrected chi connectivity index (χ0v) is 18.6. The molecule has 0 spiro atoms. The van der Waals surface area contributed by atoms with Gasteiger partial charge in [-0.15, -0.1) is 0 Å². The van der Waals surface area contributed by atoms with Crippen LogP contribution < -0.4 is 19.5 Å². The Morgan fingerprint density at radius 1 is 1.07 bits per heavy atom. The van der Waals surface area contributed by atoms with E-state index in [2.05, 4.69) is 20.0 Å². The fourth-order valence-corrected chi connectivity index (χ4v) is 2.89. The van der Waals surface area contributed by atoms with Crippen LogP contribution in [0.1, 0.15) is 0 Å². The van der Waals surface area contributed by atoms with Gasteiger partial charge in [-0.05, 0) is 24.3 Å². The molecule has 11 nitrogen and oxygen atoms in total. The van der Waals surface area contributed by atoms with Crippen LogP contribution in [0.15, 0.2) is 47.4 Å². The zero-order valence-electron chi connectivity index (χ0n) is 15.7. The molecule has 1 heterocycles. The van der Waals surface area contributed by atoms with Crippen LogP contribution in [-0.2, 0) is 19.6 Å². The van der Waals surface area contributed by atoms with Gasteiger partial charge in [-0.2, -0.15) is 9.97 Å². The van der Waals surface area contributed by atoms with Crippen molar-refractivity contribution >= 4 is 63.0 Å². The van der Waals surface area contributed by atoms with Crippen molar-refractivity contribution < 1.29 is 32.6 Å². The maximum atomic E-state index is 12.5. The Kier molecular flexibility index (Phi) is 9.04. The van der Waals surface area contributed by atoms with Crippen LogP contribution in [-0.4, -0.2) is 79.1 Å². The number of hydrogen-bond acceptors (Lipinski definition) is 8. The van der Waals surface area contributed by atoms with Crippen LogP contribution in [0.3, 0.4) is 0 Å². The number of ether oxygens (including phenoxy) is 2. The number of nitrogens with one attached hydrogen (secondary N) is 2. The topological polar surface area (TPSA) is 157 Å². The van der Waals surface area contributed by atoms with Gasteiger partial charge >= 0.3 is 12.0 Å². The van der Waals surface area contributed by atoms with E-state index in [-0.39, 0.29) is 57.8 Å². The van der Waals surface area contributed by atoms with Gasteiger partial charge in [0.15, 0.2) is 5.82 Å². The summed E-state index contributed by atoms with van der Waals surface area (Å²) < 4.78 is 37.1. The van der Waals surface area contributed by atoms with Gasteiger partial charge in [0.2, 0.25) is 11.8 Å². The Bertz CT molecular complexity index is 988. The molecule has 1 radical (unpaired) electrons. The summed E-state index contributed by atoms with van der Waals surface area (Å²) in [5, 5.41) is 10.9. The Morgan fingerprint density at radius 2 is 1.72 bits per heavy atom. The quantitative estimate of drug-likeness (QED) is 0.400. The molecule has 0 aliphatic rings. The molecular weight excluding hydrogens is 415 g/mol. The second-order valence-electron chi connectivity index (χ2n) is 5.07. The number of nitrogens with zero attached hydrogens (tertiary/aromatic N) is 2. The first-order valence-electron chi connectivity index (χ1n) is 7.55. The summed E-state index contributed by atoms with van der Waals surface area (Å²) in [5.41, 5.74) is 0.282. The number of methoxy groups -OCH3 is 2. The number of benzene rings is 1. The van der Waals surface area contributed by atoms with E-state index in [1.807, 2.05) is 0 Å². The Hall–Kier alpha value is -2.67. The molecule has 1 aromatic carbocycles. The molecule has 29 heavy (non-hydrogen) atoms. The van der Waals surface area contributed by atoms with Gasteiger partial charge < -0.3 is 19.9 Å². The third kappa shape index (κ3) is 7.34. The standard InChI is InChI=1S/C16H16N4O7S.Na/c1-26-14-9-12(18-16(19-14)27-2)20-28(24,25)11-5-3-10(4-6-11)17-13(21)7-8-15(22)23;/h3-9H,1-2H3,(H,17,21)(H,22,23)(H,18,19,20);/b8-7-;. The van der Waals surface area contributed by atoms with Gasteiger partial charge in [0, 0.05) is 53.5 Å². The third-order valence-corrected chi connectivity index (χ3v) is 4.49. The minimum atomic E-state index is -3.99. The number of carbonyl (C=O) groups is 2. The minimum absolute atomic E-state index is 0. The zero-order chi connectivity index (χ0) is 20.7. The average Bonchev–Trinajstić information content (AvgIpc) is 2.66. The van der Waals surface area contributed by atoms with E-state index >= 15 is 0 Å². The van der Waals surface area contributed by atoms with Crippen molar-refractivity contribution in [1.29, 1.82) is 0 Å². The summed E-state index contributed by atoms with van der Waals surface area (Å²) in [7, 11) is -1.30. The first-order chi connectivity index (χ1) is 13.2. The number of aromatic nitrogens is 2. The van der Waals surface area contributed by atoms with Crippen molar-refractivity contribution in [3.8, 4) is 11.9 Å². The maximum absolute atomic E-state index is 12.5. The first kappa shape index (κ1) is 24.4. The molecule has 0 saturated heterocycles. The van der Waals surface area contributed by atoms with E-state index in [1.165, 1.54) is 44.6 Å². The van der Waals surface area contributed by atoms with Gasteiger partial charge in [-0.25, -0.2) is 13.2 Å². The van der Waals surface area contributed by atoms with E-state index < -0.39 is 21.9 Å². The van der Waals surface area contributed by atoms with Crippen LogP contribution in [0.5, 0.6) is 11.9 Å². The van der Waals surface area contributed by atoms with Crippen LogP contribution >= 0.6 is 0 Å². The molecule has 1 amide bonds. The number of carbonyl (C=O) groups excluding carboxylic acids is 1. The molecule has 0 atom stereocenters. The van der Waals surface area contributed by atoms with Crippen LogP contribution in [0.2, 0.25) is 0 Å². The largest absolute Gasteiger partial charge is 0.481 e. The van der Waals surface area contributed by atoms with Gasteiger partial charge in [0.25, 0.3) is 10.0 Å². The monoisotopic (exact) mass is 431 g/mol. The van der Waals surface area contributed by atoms with Crippen LogP contribution in [0.4, 0.5) is 11.5 Å². The first-order valence-corrected chi connectivity index (χ1v) is 9.04. The normalized spacial score (nSPS) is 10.7. The SMILES string of the molecule is COc1cc(NS(=O)(=O)c2ccc(NC(=O)/C=C\C(=O)O)cc2)nc(OC)n1.[Na]. The second-order valence-corrected chi connectivity index (χ2v) is 6.76. The third-order valence-electron chi connectivity index (χ3n) is 3.12. The number of sulfonamides is 1. The predicted octanol–water partition coefficient (Wildman–Crippen LogP) is 0.493. The molecule has 149 valence electrons. The van der Waals surface area contributed by atoms with E-state index in [1.54, 1.807) is 0 Å². The summed E-state index contributed by atoms with van der Waals surface area (Å²) in [6.07, 6.45) is 1.52. The summed E-state index contributed by atoms with van der Waals surface area (Å²) in [4.78, 5) is 29.6. The van der Waals surface area contributed by atoms with Crippen molar-refractivity contribution in [3.05, 3.63) is 42.5 Å². The van der Waals surface area contributed by atoms with Crippen LogP contribution in [0, 0.1) is 0 Å². The molecular formula is C16H16N4NaO7S. The molecule has 0 aliphatic carbocycles. The summed E-state index contributed by atoms with van der Waals surface area (Å²) in [6, 6.07) is 6.42. The van der Waals surface area contributed by atoms with Gasteiger partial charge in [0.1, 0.15) is 0 Å². The fraction of sp³-hybridized carbons (Fsp3) is 0.125. The van der Waals surface area contributed by atoms with E-state index in [0.717, 1.165) is 6.08 Å². The van der Waals surface area contributed by atoms with E-state index in [9.17, 15) is 18.0 Å². The number of aliphatic carboxylic acids is 1. The molecule has 2 aromatic rings. The predicted molar refractivity (Wildman–Crippen MR) is 104 cm³/mol. The van der Waals surface area contributed by atoms with Crippen molar-refractivity contribution in [3.63, 3.8) is 0 Å². The molecule has 0 bridgehead atoms.